The Hall–Kier alpha value is -2.61. The number of nitrogens with zero attached hydrogens (tertiary/aromatic N) is 2. The number of amides is 1. The highest BCUT2D eigenvalue weighted by atomic mass is 32.2. The molecule has 2 aliphatic heterocycles. The maximum atomic E-state index is 12.6. The monoisotopic (exact) mass is 359 g/mol. The second-order valence-electron chi connectivity index (χ2n) is 6.03. The minimum atomic E-state index is -3.69. The van der Waals surface area contributed by atoms with Crippen LogP contribution < -0.4 is 5.32 Å². The molecule has 0 radical (unpaired) electrons. The van der Waals surface area contributed by atoms with Crippen LogP contribution in [0.25, 0.3) is 0 Å². The predicted molar refractivity (Wildman–Crippen MR) is 90.4 cm³/mol. The molecular formula is C17H17N3O4S. The lowest BCUT2D eigenvalue weighted by Crippen LogP contribution is -2.45. The number of nitrogens with one attached hydrogen (secondary N) is 1. The van der Waals surface area contributed by atoms with E-state index in [0.717, 1.165) is 6.42 Å². The summed E-state index contributed by atoms with van der Waals surface area (Å²) in [6, 6.07) is 9.84. The Morgan fingerprint density at radius 1 is 1.28 bits per heavy atom. The summed E-state index contributed by atoms with van der Waals surface area (Å²) >= 11 is 0. The molecular weight excluding hydrogens is 342 g/mol. The van der Waals surface area contributed by atoms with Gasteiger partial charge in [-0.15, -0.1) is 4.40 Å². The number of carbonyl (C=O) groups excluding carboxylic acids is 1. The van der Waals surface area contributed by atoms with Crippen molar-refractivity contribution < 1.29 is 17.6 Å². The molecule has 2 aliphatic rings. The Kier molecular flexibility index (Phi) is 3.84. The summed E-state index contributed by atoms with van der Waals surface area (Å²) in [4.78, 5) is 14.6. The Labute approximate surface area is 145 Å². The number of benzene rings is 1. The molecule has 0 spiro atoms. The summed E-state index contributed by atoms with van der Waals surface area (Å²) in [5.41, 5.74) is 0.563. The summed E-state index contributed by atoms with van der Waals surface area (Å²) in [7, 11) is -3.69. The van der Waals surface area contributed by atoms with Crippen molar-refractivity contribution >= 4 is 21.8 Å². The summed E-state index contributed by atoms with van der Waals surface area (Å²) in [6.07, 6.45) is 3.02. The van der Waals surface area contributed by atoms with Crippen LogP contribution in [-0.2, 0) is 21.4 Å². The number of fused-ring (bicyclic) bond motifs is 1. The van der Waals surface area contributed by atoms with Gasteiger partial charge in [-0.3, -0.25) is 4.79 Å². The maximum Gasteiger partial charge on any atom is 0.285 e. The zero-order valence-electron chi connectivity index (χ0n) is 13.4. The number of furan rings is 1. The largest absolute Gasteiger partial charge is 0.467 e. The first-order valence-electron chi connectivity index (χ1n) is 8.07. The number of likely N-dealkylation sites (tertiary alicyclic amines) is 1. The van der Waals surface area contributed by atoms with E-state index in [1.54, 1.807) is 47.6 Å². The van der Waals surface area contributed by atoms with E-state index in [1.165, 1.54) is 0 Å². The van der Waals surface area contributed by atoms with Crippen LogP contribution in [0.3, 0.4) is 0 Å². The normalized spacial score (nSPS) is 21.0. The topological polar surface area (TPSA) is 92.0 Å². The van der Waals surface area contributed by atoms with Crippen LogP contribution in [0.5, 0.6) is 0 Å². The van der Waals surface area contributed by atoms with Crippen molar-refractivity contribution in [1.82, 2.24) is 10.2 Å². The zero-order chi connectivity index (χ0) is 17.4. The van der Waals surface area contributed by atoms with Crippen molar-refractivity contribution in [3.63, 3.8) is 0 Å². The van der Waals surface area contributed by atoms with Crippen molar-refractivity contribution in [3.05, 3.63) is 54.0 Å². The molecule has 8 heteroatoms. The Morgan fingerprint density at radius 3 is 2.92 bits per heavy atom. The van der Waals surface area contributed by atoms with Crippen LogP contribution in [0.4, 0.5) is 0 Å². The van der Waals surface area contributed by atoms with E-state index in [0.29, 0.717) is 36.7 Å². The molecule has 1 saturated heterocycles. The third-order valence-electron chi connectivity index (χ3n) is 4.46. The van der Waals surface area contributed by atoms with Gasteiger partial charge >= 0.3 is 0 Å². The number of hydrogen-bond acceptors (Lipinski definition) is 5. The Bertz CT molecular complexity index is 935. The van der Waals surface area contributed by atoms with Crippen LogP contribution >= 0.6 is 0 Å². The van der Waals surface area contributed by atoms with Gasteiger partial charge in [-0.2, -0.15) is 8.42 Å². The third kappa shape index (κ3) is 2.82. The third-order valence-corrected chi connectivity index (χ3v) is 5.78. The van der Waals surface area contributed by atoms with Crippen molar-refractivity contribution in [1.29, 1.82) is 0 Å². The number of rotatable bonds is 3. The number of carbonyl (C=O) groups is 1. The molecule has 4 rings (SSSR count). The van der Waals surface area contributed by atoms with Crippen LogP contribution in [0.15, 0.2) is 56.4 Å². The second-order valence-corrected chi connectivity index (χ2v) is 7.61. The average Bonchev–Trinajstić information content (AvgIpc) is 3.32. The smallest absolute Gasteiger partial charge is 0.285 e. The van der Waals surface area contributed by atoms with Crippen LogP contribution in [0.1, 0.15) is 24.2 Å². The fourth-order valence-electron chi connectivity index (χ4n) is 3.29. The fourth-order valence-corrected chi connectivity index (χ4v) is 4.51. The molecule has 0 saturated carbocycles. The van der Waals surface area contributed by atoms with E-state index in [1.807, 2.05) is 0 Å². The molecule has 7 nitrogen and oxygen atoms in total. The first-order valence-corrected chi connectivity index (χ1v) is 9.51. The summed E-state index contributed by atoms with van der Waals surface area (Å²) in [6.45, 7) is 0.902. The molecule has 1 aromatic heterocycles. The van der Waals surface area contributed by atoms with Crippen molar-refractivity contribution in [2.75, 3.05) is 6.54 Å². The van der Waals surface area contributed by atoms with Gasteiger partial charge in [0.1, 0.15) is 16.7 Å². The van der Waals surface area contributed by atoms with Gasteiger partial charge < -0.3 is 14.6 Å². The van der Waals surface area contributed by atoms with Crippen molar-refractivity contribution in [3.8, 4) is 0 Å². The average molecular weight is 359 g/mol. The zero-order valence-corrected chi connectivity index (χ0v) is 14.2. The van der Waals surface area contributed by atoms with Gasteiger partial charge in [0.15, 0.2) is 5.84 Å². The van der Waals surface area contributed by atoms with E-state index in [2.05, 4.69) is 9.71 Å². The van der Waals surface area contributed by atoms with E-state index in [9.17, 15) is 13.2 Å². The molecule has 3 heterocycles. The van der Waals surface area contributed by atoms with Crippen molar-refractivity contribution in [2.24, 2.45) is 4.40 Å². The van der Waals surface area contributed by atoms with Gasteiger partial charge in [0.25, 0.3) is 10.0 Å². The lowest BCUT2D eigenvalue weighted by atomic mass is 10.1. The molecule has 1 amide bonds. The van der Waals surface area contributed by atoms with E-state index in [-0.39, 0.29) is 10.8 Å². The Morgan fingerprint density at radius 2 is 2.12 bits per heavy atom. The molecule has 0 aliphatic carbocycles. The van der Waals surface area contributed by atoms with E-state index in [4.69, 9.17) is 4.42 Å². The summed E-state index contributed by atoms with van der Waals surface area (Å²) in [5.74, 6) is 0.883. The number of sulfonamides is 1. The number of amidine groups is 1. The lowest BCUT2D eigenvalue weighted by molar-refractivity contribution is -0.124. The standard InChI is InChI=1S/C17H17N3O4S/c21-17(18-11-12-5-4-10-24-12)14-7-3-9-20(14)16-13-6-1-2-8-15(13)25(22,23)19-16/h1-2,4-6,8,10,14H,3,7,9,11H2,(H,18,21)/t14-/m0/s1. The first-order chi connectivity index (χ1) is 12.1. The highest BCUT2D eigenvalue weighted by Crippen LogP contribution is 2.31. The van der Waals surface area contributed by atoms with E-state index < -0.39 is 16.1 Å². The SMILES string of the molecule is O=C(NCc1ccco1)[C@@H]1CCCN1C1=NS(=O)(=O)c2ccccc21. The van der Waals surface area contributed by atoms with Crippen LogP contribution in [-0.4, -0.2) is 37.6 Å². The minimum Gasteiger partial charge on any atom is -0.467 e. The first kappa shape index (κ1) is 15.9. The quantitative estimate of drug-likeness (QED) is 0.897. The molecule has 1 N–H and O–H groups in total. The van der Waals surface area contributed by atoms with Gasteiger partial charge in [0, 0.05) is 12.1 Å². The molecule has 2 aromatic rings. The minimum absolute atomic E-state index is 0.154. The highest BCUT2D eigenvalue weighted by molar-refractivity contribution is 7.90. The lowest BCUT2D eigenvalue weighted by Gasteiger charge is -2.25. The number of hydrogen-bond donors (Lipinski definition) is 1. The molecule has 25 heavy (non-hydrogen) atoms. The van der Waals surface area contributed by atoms with Gasteiger partial charge in [-0.05, 0) is 37.1 Å². The molecule has 1 fully saturated rings. The summed E-state index contributed by atoms with van der Waals surface area (Å²) < 4.78 is 33.6. The highest BCUT2D eigenvalue weighted by Gasteiger charge is 2.39. The fraction of sp³-hybridized carbons (Fsp3) is 0.294. The van der Waals surface area contributed by atoms with Gasteiger partial charge in [0.05, 0.1) is 12.8 Å². The van der Waals surface area contributed by atoms with Crippen LogP contribution in [0, 0.1) is 0 Å². The van der Waals surface area contributed by atoms with Gasteiger partial charge in [0.2, 0.25) is 5.91 Å². The maximum absolute atomic E-state index is 12.6. The molecule has 0 unspecified atom stereocenters. The molecule has 1 atom stereocenters. The van der Waals surface area contributed by atoms with Crippen LogP contribution in [0.2, 0.25) is 0 Å². The molecule has 1 aromatic carbocycles. The van der Waals surface area contributed by atoms with Gasteiger partial charge in [-0.1, -0.05) is 12.1 Å². The van der Waals surface area contributed by atoms with Crippen molar-refractivity contribution in [2.45, 2.75) is 30.3 Å². The Balaban J connectivity index is 1.57. The second kappa shape index (κ2) is 6.03. The summed E-state index contributed by atoms with van der Waals surface area (Å²) in [5, 5.41) is 2.85. The van der Waals surface area contributed by atoms with E-state index >= 15 is 0 Å². The molecule has 0 bridgehead atoms. The molecule has 130 valence electrons. The predicted octanol–water partition coefficient (Wildman–Crippen LogP) is 1.51. The van der Waals surface area contributed by atoms with Gasteiger partial charge in [-0.25, -0.2) is 0 Å².